The number of nitrogens with one attached hydrogen (secondary N) is 1. The summed E-state index contributed by atoms with van der Waals surface area (Å²) in [7, 11) is 1.65. The summed E-state index contributed by atoms with van der Waals surface area (Å²) >= 11 is 0. The van der Waals surface area contributed by atoms with Crippen LogP contribution in [-0.4, -0.2) is 42.7 Å². The lowest BCUT2D eigenvalue weighted by atomic mass is 10.1. The molecule has 88 valence electrons. The van der Waals surface area contributed by atoms with Crippen molar-refractivity contribution in [3.63, 3.8) is 0 Å². The number of piperazine rings is 1. The van der Waals surface area contributed by atoms with Crippen LogP contribution in [0.5, 0.6) is 5.88 Å². The fraction of sp³-hybridized carbons (Fsp3) is 0.583. The summed E-state index contributed by atoms with van der Waals surface area (Å²) in [6.45, 7) is 6.48. The van der Waals surface area contributed by atoms with Crippen molar-refractivity contribution in [2.24, 2.45) is 0 Å². The molecule has 1 aliphatic rings. The highest BCUT2D eigenvalue weighted by Gasteiger charge is 2.17. The van der Waals surface area contributed by atoms with Crippen LogP contribution in [0.2, 0.25) is 0 Å². The van der Waals surface area contributed by atoms with Gasteiger partial charge in [0.25, 0.3) is 0 Å². The number of methoxy groups -OCH3 is 1. The third-order valence-corrected chi connectivity index (χ3v) is 3.03. The van der Waals surface area contributed by atoms with E-state index in [1.54, 1.807) is 13.3 Å². The summed E-state index contributed by atoms with van der Waals surface area (Å²) in [5, 5.41) is 3.39. The number of nitrogens with zero attached hydrogens (tertiary/aromatic N) is 2. The van der Waals surface area contributed by atoms with E-state index in [1.165, 1.54) is 5.56 Å². The molecule has 2 heterocycles. The first-order valence-electron chi connectivity index (χ1n) is 5.73. The van der Waals surface area contributed by atoms with E-state index >= 15 is 0 Å². The van der Waals surface area contributed by atoms with Crippen molar-refractivity contribution in [1.82, 2.24) is 15.2 Å². The van der Waals surface area contributed by atoms with E-state index in [0.29, 0.717) is 11.9 Å². The van der Waals surface area contributed by atoms with Gasteiger partial charge in [-0.25, -0.2) is 4.98 Å². The Hall–Kier alpha value is -1.13. The summed E-state index contributed by atoms with van der Waals surface area (Å²) < 4.78 is 5.13. The zero-order valence-corrected chi connectivity index (χ0v) is 9.94. The van der Waals surface area contributed by atoms with E-state index in [9.17, 15) is 0 Å². The smallest absolute Gasteiger partial charge is 0.213 e. The van der Waals surface area contributed by atoms with Gasteiger partial charge in [-0.1, -0.05) is 0 Å². The first kappa shape index (κ1) is 11.4. The molecule has 2 rings (SSSR count). The van der Waals surface area contributed by atoms with Crippen LogP contribution in [0.3, 0.4) is 0 Å². The van der Waals surface area contributed by atoms with Gasteiger partial charge in [-0.3, -0.25) is 4.90 Å². The molecule has 1 aromatic rings. The molecule has 1 fully saturated rings. The molecule has 0 amide bonds. The van der Waals surface area contributed by atoms with Crippen molar-refractivity contribution in [2.75, 3.05) is 26.7 Å². The summed E-state index contributed by atoms with van der Waals surface area (Å²) in [5.74, 6) is 0.695. The van der Waals surface area contributed by atoms with Gasteiger partial charge in [0.2, 0.25) is 5.88 Å². The number of rotatable bonds is 3. The third kappa shape index (κ3) is 2.71. The number of pyridine rings is 1. The van der Waals surface area contributed by atoms with Gasteiger partial charge < -0.3 is 10.1 Å². The topological polar surface area (TPSA) is 37.4 Å². The van der Waals surface area contributed by atoms with Gasteiger partial charge in [0.1, 0.15) is 0 Å². The van der Waals surface area contributed by atoms with Gasteiger partial charge >= 0.3 is 0 Å². The molecule has 1 atom stereocenters. The zero-order chi connectivity index (χ0) is 11.4. The van der Waals surface area contributed by atoms with E-state index in [4.69, 9.17) is 4.74 Å². The maximum atomic E-state index is 5.13. The quantitative estimate of drug-likeness (QED) is 0.822. The molecule has 4 nitrogen and oxygen atoms in total. The largest absolute Gasteiger partial charge is 0.481 e. The highest BCUT2D eigenvalue weighted by molar-refractivity contribution is 5.20. The van der Waals surface area contributed by atoms with Gasteiger partial charge in [-0.15, -0.1) is 0 Å². The van der Waals surface area contributed by atoms with Crippen LogP contribution in [0.1, 0.15) is 12.5 Å². The van der Waals surface area contributed by atoms with E-state index < -0.39 is 0 Å². The highest BCUT2D eigenvalue weighted by atomic mass is 16.5. The fourth-order valence-corrected chi connectivity index (χ4v) is 2.01. The van der Waals surface area contributed by atoms with Gasteiger partial charge in [-0.2, -0.15) is 0 Å². The maximum absolute atomic E-state index is 5.13. The molecule has 16 heavy (non-hydrogen) atoms. The Labute approximate surface area is 96.6 Å². The van der Waals surface area contributed by atoms with Crippen molar-refractivity contribution in [3.8, 4) is 5.88 Å². The molecule has 0 radical (unpaired) electrons. The summed E-state index contributed by atoms with van der Waals surface area (Å²) in [6, 6.07) is 4.65. The average Bonchev–Trinajstić information content (AvgIpc) is 2.32. The predicted octanol–water partition coefficient (Wildman–Crippen LogP) is 0.884. The molecule has 0 aromatic carbocycles. The lowest BCUT2D eigenvalue weighted by Crippen LogP contribution is -2.49. The third-order valence-electron chi connectivity index (χ3n) is 3.03. The summed E-state index contributed by atoms with van der Waals surface area (Å²) in [6.07, 6.45) is 1.81. The van der Waals surface area contributed by atoms with E-state index in [2.05, 4.69) is 28.2 Å². The van der Waals surface area contributed by atoms with Crippen LogP contribution in [0.15, 0.2) is 18.3 Å². The molecule has 1 unspecified atom stereocenters. The van der Waals surface area contributed by atoms with Crippen LogP contribution in [0, 0.1) is 0 Å². The Kier molecular flexibility index (Phi) is 3.74. The molecule has 1 aromatic heterocycles. The van der Waals surface area contributed by atoms with Gasteiger partial charge in [0.15, 0.2) is 0 Å². The van der Waals surface area contributed by atoms with Gasteiger partial charge in [0.05, 0.1) is 7.11 Å². The SMILES string of the molecule is COc1cc(CN2CCNCC2C)ccn1. The van der Waals surface area contributed by atoms with Gasteiger partial charge in [-0.05, 0) is 18.6 Å². The maximum Gasteiger partial charge on any atom is 0.213 e. The van der Waals surface area contributed by atoms with Gasteiger partial charge in [0, 0.05) is 44.5 Å². The standard InChI is InChI=1S/C12H19N3O/c1-10-8-13-5-6-15(10)9-11-3-4-14-12(7-11)16-2/h3-4,7,10,13H,5-6,8-9H2,1-2H3. The average molecular weight is 221 g/mol. The van der Waals surface area contributed by atoms with E-state index in [1.807, 2.05) is 6.07 Å². The van der Waals surface area contributed by atoms with E-state index in [0.717, 1.165) is 26.2 Å². The molecule has 0 saturated carbocycles. The number of aromatic nitrogens is 1. The lowest BCUT2D eigenvalue weighted by molar-refractivity contribution is 0.165. The first-order valence-corrected chi connectivity index (χ1v) is 5.73. The Morgan fingerprint density at radius 2 is 2.50 bits per heavy atom. The van der Waals surface area contributed by atoms with Crippen LogP contribution >= 0.6 is 0 Å². The molecule has 1 aliphatic heterocycles. The van der Waals surface area contributed by atoms with Crippen LogP contribution in [0.25, 0.3) is 0 Å². The number of hydrogen-bond acceptors (Lipinski definition) is 4. The fourth-order valence-electron chi connectivity index (χ4n) is 2.01. The summed E-state index contributed by atoms with van der Waals surface area (Å²) in [4.78, 5) is 6.59. The summed E-state index contributed by atoms with van der Waals surface area (Å²) in [5.41, 5.74) is 1.26. The van der Waals surface area contributed by atoms with Crippen LogP contribution in [0.4, 0.5) is 0 Å². The highest BCUT2D eigenvalue weighted by Crippen LogP contribution is 2.13. The number of hydrogen-bond donors (Lipinski definition) is 1. The van der Waals surface area contributed by atoms with Crippen LogP contribution in [-0.2, 0) is 6.54 Å². The van der Waals surface area contributed by atoms with Crippen molar-refractivity contribution in [1.29, 1.82) is 0 Å². The van der Waals surface area contributed by atoms with Crippen molar-refractivity contribution >= 4 is 0 Å². The minimum atomic E-state index is 0.591. The Bertz CT molecular complexity index is 343. The Morgan fingerprint density at radius 1 is 1.62 bits per heavy atom. The minimum Gasteiger partial charge on any atom is -0.481 e. The second kappa shape index (κ2) is 5.27. The Balaban J connectivity index is 2.01. The van der Waals surface area contributed by atoms with Crippen molar-refractivity contribution in [3.05, 3.63) is 23.9 Å². The first-order chi connectivity index (χ1) is 7.79. The zero-order valence-electron chi connectivity index (χ0n) is 9.94. The molecule has 0 spiro atoms. The molecule has 1 N–H and O–H groups in total. The predicted molar refractivity (Wildman–Crippen MR) is 63.5 cm³/mol. The number of ether oxygens (including phenoxy) is 1. The lowest BCUT2D eigenvalue weighted by Gasteiger charge is -2.33. The molecule has 1 saturated heterocycles. The monoisotopic (exact) mass is 221 g/mol. The van der Waals surface area contributed by atoms with Crippen molar-refractivity contribution in [2.45, 2.75) is 19.5 Å². The second-order valence-corrected chi connectivity index (χ2v) is 4.23. The molecule has 0 aliphatic carbocycles. The molecule has 0 bridgehead atoms. The molecule has 4 heteroatoms. The minimum absolute atomic E-state index is 0.591. The molecular weight excluding hydrogens is 202 g/mol. The Morgan fingerprint density at radius 3 is 3.25 bits per heavy atom. The normalized spacial score (nSPS) is 22.0. The van der Waals surface area contributed by atoms with Crippen molar-refractivity contribution < 1.29 is 4.74 Å². The second-order valence-electron chi connectivity index (χ2n) is 4.23. The van der Waals surface area contributed by atoms with Crippen LogP contribution < -0.4 is 10.1 Å². The molecular formula is C12H19N3O. The van der Waals surface area contributed by atoms with E-state index in [-0.39, 0.29) is 0 Å².